The van der Waals surface area contributed by atoms with Crippen LogP contribution in [0.5, 0.6) is 0 Å². The van der Waals surface area contributed by atoms with Crippen molar-refractivity contribution in [2.24, 2.45) is 0 Å². The van der Waals surface area contributed by atoms with Gasteiger partial charge < -0.3 is 10.2 Å². The molecule has 0 radical (unpaired) electrons. The maximum Gasteiger partial charge on any atom is 0.244 e. The number of nitrogens with zero attached hydrogens (tertiary/aromatic N) is 2. The third-order valence-corrected chi connectivity index (χ3v) is 5.51. The molecule has 1 N–H and O–H groups in total. The van der Waals surface area contributed by atoms with Crippen molar-refractivity contribution in [2.75, 3.05) is 30.4 Å². The quantitative estimate of drug-likeness (QED) is 0.821. The molecule has 2 aromatic rings. The van der Waals surface area contributed by atoms with Gasteiger partial charge in [0.05, 0.1) is 22.6 Å². The number of nitrogens with one attached hydrogen (secondary N) is 1. The van der Waals surface area contributed by atoms with Crippen molar-refractivity contribution in [3.05, 3.63) is 58.1 Å². The van der Waals surface area contributed by atoms with E-state index < -0.39 is 6.04 Å². The van der Waals surface area contributed by atoms with Crippen LogP contribution >= 0.6 is 23.2 Å². The zero-order chi connectivity index (χ0) is 19.6. The summed E-state index contributed by atoms with van der Waals surface area (Å²) in [5, 5.41) is 3.57. The molecule has 1 heterocycles. The second-order valence-electron chi connectivity index (χ2n) is 6.64. The third kappa shape index (κ3) is 4.43. The van der Waals surface area contributed by atoms with E-state index in [1.54, 1.807) is 35.0 Å². The second kappa shape index (κ2) is 8.30. The first-order valence-corrected chi connectivity index (χ1v) is 9.47. The minimum absolute atomic E-state index is 0.00946. The number of halogens is 2. The summed E-state index contributed by atoms with van der Waals surface area (Å²) in [4.78, 5) is 28.7. The monoisotopic (exact) mass is 405 g/mol. The minimum Gasteiger partial charge on any atom is -0.325 e. The fourth-order valence-corrected chi connectivity index (χ4v) is 3.42. The number of fused-ring (bicyclic) bond motifs is 1. The molecule has 0 spiro atoms. The van der Waals surface area contributed by atoms with Crippen molar-refractivity contribution in [3.8, 4) is 0 Å². The van der Waals surface area contributed by atoms with E-state index in [1.807, 2.05) is 31.2 Å². The van der Waals surface area contributed by atoms with Crippen molar-refractivity contribution < 1.29 is 9.59 Å². The fraction of sp³-hybridized carbons (Fsp3) is 0.300. The van der Waals surface area contributed by atoms with Gasteiger partial charge in [-0.05, 0) is 50.2 Å². The number of hydrogen-bond acceptors (Lipinski definition) is 3. The van der Waals surface area contributed by atoms with E-state index >= 15 is 0 Å². The van der Waals surface area contributed by atoms with Crippen LogP contribution in [0, 0.1) is 0 Å². The lowest BCUT2D eigenvalue weighted by atomic mass is 10.2. The number of rotatable bonds is 5. The number of anilines is 2. The van der Waals surface area contributed by atoms with E-state index in [-0.39, 0.29) is 18.4 Å². The number of likely N-dealkylation sites (N-methyl/N-ethyl adjacent to an activating group) is 1. The number of benzene rings is 2. The Morgan fingerprint density at radius 2 is 1.93 bits per heavy atom. The van der Waals surface area contributed by atoms with Gasteiger partial charge in [-0.15, -0.1) is 0 Å². The van der Waals surface area contributed by atoms with Gasteiger partial charge in [-0.3, -0.25) is 14.5 Å². The summed E-state index contributed by atoms with van der Waals surface area (Å²) < 4.78 is 0. The Balaban J connectivity index is 1.60. The van der Waals surface area contributed by atoms with Gasteiger partial charge in [-0.1, -0.05) is 41.4 Å². The molecule has 1 aliphatic heterocycles. The van der Waals surface area contributed by atoms with Crippen molar-refractivity contribution in [1.82, 2.24) is 4.90 Å². The Bertz CT molecular complexity index is 872. The largest absolute Gasteiger partial charge is 0.325 e. The minimum atomic E-state index is -0.421. The maximum atomic E-state index is 12.9. The zero-order valence-electron chi connectivity index (χ0n) is 15.2. The molecule has 0 saturated heterocycles. The molecule has 27 heavy (non-hydrogen) atoms. The van der Waals surface area contributed by atoms with Crippen LogP contribution in [0.3, 0.4) is 0 Å². The van der Waals surface area contributed by atoms with Gasteiger partial charge >= 0.3 is 0 Å². The van der Waals surface area contributed by atoms with Gasteiger partial charge in [0.15, 0.2) is 0 Å². The van der Waals surface area contributed by atoms with E-state index in [4.69, 9.17) is 23.2 Å². The molecular formula is C20H21Cl2N3O2. The van der Waals surface area contributed by atoms with Gasteiger partial charge in [0.2, 0.25) is 11.8 Å². The highest BCUT2D eigenvalue weighted by molar-refractivity contribution is 6.42. The molecule has 0 aliphatic carbocycles. The smallest absolute Gasteiger partial charge is 0.244 e. The predicted molar refractivity (Wildman–Crippen MR) is 110 cm³/mol. The van der Waals surface area contributed by atoms with Crippen LogP contribution in [-0.2, 0) is 16.0 Å². The first kappa shape index (κ1) is 19.7. The second-order valence-corrected chi connectivity index (χ2v) is 7.45. The number of hydrogen-bond donors (Lipinski definition) is 1. The molecule has 0 fully saturated rings. The fourth-order valence-electron chi connectivity index (χ4n) is 3.12. The van der Waals surface area contributed by atoms with E-state index in [1.165, 1.54) is 5.56 Å². The van der Waals surface area contributed by atoms with E-state index in [0.717, 1.165) is 12.1 Å². The van der Waals surface area contributed by atoms with Gasteiger partial charge in [-0.2, -0.15) is 0 Å². The maximum absolute atomic E-state index is 12.9. The van der Waals surface area contributed by atoms with Crippen LogP contribution in [0.25, 0.3) is 0 Å². The zero-order valence-corrected chi connectivity index (χ0v) is 16.7. The first-order chi connectivity index (χ1) is 12.9. The molecule has 142 valence electrons. The normalized spacial score (nSPS) is 14.2. The molecule has 0 saturated carbocycles. The lowest BCUT2D eigenvalue weighted by molar-refractivity contribution is -0.124. The number of carbonyl (C=O) groups is 2. The van der Waals surface area contributed by atoms with E-state index in [2.05, 4.69) is 5.32 Å². The average molecular weight is 406 g/mol. The summed E-state index contributed by atoms with van der Waals surface area (Å²) in [5.74, 6) is -0.234. The van der Waals surface area contributed by atoms with Crippen LogP contribution < -0.4 is 10.2 Å². The highest BCUT2D eigenvalue weighted by Gasteiger charge is 2.30. The van der Waals surface area contributed by atoms with Gasteiger partial charge in [-0.25, -0.2) is 0 Å². The third-order valence-electron chi connectivity index (χ3n) is 4.77. The average Bonchev–Trinajstić information content (AvgIpc) is 3.07. The summed E-state index contributed by atoms with van der Waals surface area (Å²) in [7, 11) is 1.76. The van der Waals surface area contributed by atoms with Crippen molar-refractivity contribution in [3.63, 3.8) is 0 Å². The Kier molecular flexibility index (Phi) is 6.05. The lowest BCUT2D eigenvalue weighted by Crippen LogP contribution is -2.47. The molecule has 5 nitrogen and oxygen atoms in total. The van der Waals surface area contributed by atoms with Crippen molar-refractivity contribution in [1.29, 1.82) is 0 Å². The molecular weight excluding hydrogens is 385 g/mol. The predicted octanol–water partition coefficient (Wildman–Crippen LogP) is 3.84. The molecule has 0 unspecified atom stereocenters. The van der Waals surface area contributed by atoms with Gasteiger partial charge in [0.1, 0.15) is 0 Å². The molecule has 3 rings (SSSR count). The van der Waals surface area contributed by atoms with Gasteiger partial charge in [0.25, 0.3) is 0 Å². The van der Waals surface area contributed by atoms with Crippen LogP contribution in [0.1, 0.15) is 12.5 Å². The molecule has 1 aliphatic rings. The Morgan fingerprint density at radius 3 is 2.67 bits per heavy atom. The summed E-state index contributed by atoms with van der Waals surface area (Å²) >= 11 is 11.8. The van der Waals surface area contributed by atoms with Crippen LogP contribution in [0.4, 0.5) is 11.4 Å². The Hall–Kier alpha value is -2.08. The Labute approximate surface area is 168 Å². The van der Waals surface area contributed by atoms with Crippen molar-refractivity contribution in [2.45, 2.75) is 19.4 Å². The summed E-state index contributed by atoms with van der Waals surface area (Å²) in [6.45, 7) is 2.57. The summed E-state index contributed by atoms with van der Waals surface area (Å²) in [6, 6.07) is 12.4. The summed E-state index contributed by atoms with van der Waals surface area (Å²) in [5.41, 5.74) is 2.70. The van der Waals surface area contributed by atoms with Gasteiger partial charge in [0, 0.05) is 17.9 Å². The number of carbonyl (C=O) groups excluding carboxylic acids is 2. The van der Waals surface area contributed by atoms with E-state index in [0.29, 0.717) is 22.3 Å². The molecule has 0 bridgehead atoms. The topological polar surface area (TPSA) is 52.7 Å². The Morgan fingerprint density at radius 1 is 1.19 bits per heavy atom. The van der Waals surface area contributed by atoms with Crippen molar-refractivity contribution >= 4 is 46.4 Å². The molecule has 2 amide bonds. The number of amides is 2. The van der Waals surface area contributed by atoms with E-state index in [9.17, 15) is 9.59 Å². The highest BCUT2D eigenvalue weighted by atomic mass is 35.5. The molecule has 1 atom stereocenters. The molecule has 0 aromatic heterocycles. The summed E-state index contributed by atoms with van der Waals surface area (Å²) in [6.07, 6.45) is 0.857. The molecule has 7 heteroatoms. The standard InChI is InChI=1S/C20H21Cl2N3O2/c1-13(20(27)25-10-9-14-5-3-4-6-18(14)25)24(2)12-19(26)23-15-7-8-16(21)17(22)11-15/h3-8,11,13H,9-10,12H2,1-2H3,(H,23,26)/t13-/m0/s1. The lowest BCUT2D eigenvalue weighted by Gasteiger charge is -2.28. The van der Waals surface area contributed by atoms with Crippen LogP contribution in [0.15, 0.2) is 42.5 Å². The van der Waals surface area contributed by atoms with Crippen LogP contribution in [-0.4, -0.2) is 42.9 Å². The molecule has 2 aromatic carbocycles. The SMILES string of the molecule is C[C@@H](C(=O)N1CCc2ccccc21)N(C)CC(=O)Nc1ccc(Cl)c(Cl)c1. The highest BCUT2D eigenvalue weighted by Crippen LogP contribution is 2.28. The van der Waals surface area contributed by atoms with Crippen LogP contribution in [0.2, 0.25) is 10.0 Å². The first-order valence-electron chi connectivity index (χ1n) is 8.71. The number of para-hydroxylation sites is 1.